The van der Waals surface area contributed by atoms with Crippen molar-refractivity contribution in [1.29, 1.82) is 0 Å². The Morgan fingerprint density at radius 3 is 2.82 bits per heavy atom. The Labute approximate surface area is 170 Å². The lowest BCUT2D eigenvalue weighted by atomic mass is 10.0. The fourth-order valence-electron chi connectivity index (χ4n) is 3.21. The molecule has 1 aliphatic heterocycles. The van der Waals surface area contributed by atoms with Gasteiger partial charge >= 0.3 is 0 Å². The molecule has 0 saturated carbocycles. The number of ether oxygens (including phenoxy) is 3. The molecule has 2 rings (SSSR count). The van der Waals surface area contributed by atoms with Crippen LogP contribution in [0.2, 0.25) is 0 Å². The molecule has 0 radical (unpaired) electrons. The van der Waals surface area contributed by atoms with Crippen molar-refractivity contribution in [3.05, 3.63) is 29.3 Å². The predicted octanol–water partition coefficient (Wildman–Crippen LogP) is 2.93. The zero-order chi connectivity index (χ0) is 20.0. The van der Waals surface area contributed by atoms with Crippen molar-refractivity contribution < 1.29 is 14.2 Å². The number of methoxy groups -OCH3 is 1. The summed E-state index contributed by atoms with van der Waals surface area (Å²) >= 11 is 0. The van der Waals surface area contributed by atoms with Crippen LogP contribution in [0, 0.1) is 12.8 Å². The smallest absolute Gasteiger partial charge is 0.191 e. The number of nitrogens with one attached hydrogen (secondary N) is 2. The van der Waals surface area contributed by atoms with E-state index >= 15 is 0 Å². The van der Waals surface area contributed by atoms with Gasteiger partial charge in [0.05, 0.1) is 7.11 Å². The van der Waals surface area contributed by atoms with Gasteiger partial charge in [0.25, 0.3) is 0 Å². The molecule has 1 aromatic rings. The van der Waals surface area contributed by atoms with E-state index in [1.807, 2.05) is 0 Å². The Morgan fingerprint density at radius 2 is 2.07 bits per heavy atom. The van der Waals surface area contributed by atoms with Gasteiger partial charge in [-0.2, -0.15) is 0 Å². The van der Waals surface area contributed by atoms with Crippen molar-refractivity contribution in [3.8, 4) is 5.75 Å². The minimum Gasteiger partial charge on any atom is -0.496 e. The van der Waals surface area contributed by atoms with Gasteiger partial charge < -0.3 is 24.8 Å². The van der Waals surface area contributed by atoms with Gasteiger partial charge in [-0.15, -0.1) is 0 Å². The first kappa shape index (κ1) is 22.5. The molecule has 0 spiro atoms. The number of benzene rings is 1. The van der Waals surface area contributed by atoms with Gasteiger partial charge in [0, 0.05) is 46.1 Å². The normalized spacial score (nSPS) is 15.5. The van der Waals surface area contributed by atoms with E-state index in [1.54, 1.807) is 7.11 Å². The van der Waals surface area contributed by atoms with Crippen LogP contribution in [0.1, 0.15) is 37.3 Å². The highest BCUT2D eigenvalue weighted by Crippen LogP contribution is 2.19. The maximum absolute atomic E-state index is 5.81. The van der Waals surface area contributed by atoms with Gasteiger partial charge in [0.1, 0.15) is 5.75 Å². The Hall–Kier alpha value is -1.79. The largest absolute Gasteiger partial charge is 0.496 e. The second-order valence-corrected chi connectivity index (χ2v) is 7.23. The van der Waals surface area contributed by atoms with E-state index in [4.69, 9.17) is 14.2 Å². The molecule has 0 atom stereocenters. The number of aliphatic imine (C=N–C) groups is 1. The predicted molar refractivity (Wildman–Crippen MR) is 114 cm³/mol. The van der Waals surface area contributed by atoms with Crippen LogP contribution in [0.3, 0.4) is 0 Å². The molecule has 6 nitrogen and oxygen atoms in total. The number of guanidine groups is 1. The van der Waals surface area contributed by atoms with Crippen molar-refractivity contribution in [2.75, 3.05) is 53.2 Å². The van der Waals surface area contributed by atoms with Crippen molar-refractivity contribution in [3.63, 3.8) is 0 Å². The Kier molecular flexibility index (Phi) is 10.8. The summed E-state index contributed by atoms with van der Waals surface area (Å²) in [5, 5.41) is 6.71. The van der Waals surface area contributed by atoms with Gasteiger partial charge in [-0.1, -0.05) is 12.1 Å². The van der Waals surface area contributed by atoms with E-state index < -0.39 is 0 Å². The lowest BCUT2D eigenvalue weighted by molar-refractivity contribution is 0.0205. The molecule has 6 heteroatoms. The third kappa shape index (κ3) is 8.48. The molecular weight excluding hydrogens is 354 g/mol. The molecule has 0 bridgehead atoms. The molecule has 158 valence electrons. The summed E-state index contributed by atoms with van der Waals surface area (Å²) < 4.78 is 16.6. The van der Waals surface area contributed by atoms with E-state index in [0.29, 0.717) is 5.92 Å². The van der Waals surface area contributed by atoms with E-state index in [1.165, 1.54) is 5.56 Å². The first-order valence-corrected chi connectivity index (χ1v) is 10.5. The summed E-state index contributed by atoms with van der Waals surface area (Å²) in [5.74, 6) is 2.47. The second kappa shape index (κ2) is 13.4. The summed E-state index contributed by atoms with van der Waals surface area (Å²) in [6, 6.07) is 6.37. The fraction of sp³-hybridized carbons (Fsp3) is 0.682. The number of nitrogens with zero attached hydrogens (tertiary/aromatic N) is 1. The average molecular weight is 392 g/mol. The van der Waals surface area contributed by atoms with E-state index in [9.17, 15) is 0 Å². The Morgan fingerprint density at radius 1 is 1.25 bits per heavy atom. The molecule has 0 unspecified atom stereocenters. The molecular formula is C22H37N3O3. The van der Waals surface area contributed by atoms with Gasteiger partial charge in [0.15, 0.2) is 5.96 Å². The van der Waals surface area contributed by atoms with Crippen LogP contribution in [0.15, 0.2) is 23.2 Å². The minimum atomic E-state index is 0.664. The van der Waals surface area contributed by atoms with Crippen molar-refractivity contribution >= 4 is 5.96 Å². The molecule has 28 heavy (non-hydrogen) atoms. The van der Waals surface area contributed by atoms with Gasteiger partial charge in [0.2, 0.25) is 0 Å². The fourth-order valence-corrected chi connectivity index (χ4v) is 3.21. The van der Waals surface area contributed by atoms with E-state index in [0.717, 1.165) is 89.0 Å². The molecule has 0 aliphatic carbocycles. The molecule has 1 heterocycles. The topological polar surface area (TPSA) is 64.1 Å². The van der Waals surface area contributed by atoms with E-state index in [-0.39, 0.29) is 0 Å². The summed E-state index contributed by atoms with van der Waals surface area (Å²) in [6.45, 7) is 9.97. The quantitative estimate of drug-likeness (QED) is 0.345. The Bertz CT molecular complexity index is 586. The van der Waals surface area contributed by atoms with Crippen molar-refractivity contribution in [2.45, 2.75) is 39.5 Å². The summed E-state index contributed by atoms with van der Waals surface area (Å²) in [4.78, 5) is 4.65. The maximum Gasteiger partial charge on any atom is 0.191 e. The summed E-state index contributed by atoms with van der Waals surface area (Å²) in [6.07, 6.45) is 4.11. The zero-order valence-electron chi connectivity index (χ0n) is 17.8. The summed E-state index contributed by atoms with van der Waals surface area (Å²) in [5.41, 5.74) is 2.42. The van der Waals surface area contributed by atoms with Crippen LogP contribution in [0.25, 0.3) is 0 Å². The molecule has 1 aliphatic rings. The third-order valence-electron chi connectivity index (χ3n) is 4.93. The molecule has 1 fully saturated rings. The van der Waals surface area contributed by atoms with Crippen LogP contribution in [-0.2, 0) is 15.9 Å². The molecule has 1 aromatic carbocycles. The molecule has 0 aromatic heterocycles. The monoisotopic (exact) mass is 391 g/mol. The molecule has 0 amide bonds. The number of rotatable bonds is 11. The zero-order valence-corrected chi connectivity index (χ0v) is 17.8. The van der Waals surface area contributed by atoms with Crippen LogP contribution in [0.5, 0.6) is 5.75 Å². The highest BCUT2D eigenvalue weighted by molar-refractivity contribution is 5.79. The Balaban J connectivity index is 1.64. The highest BCUT2D eigenvalue weighted by atomic mass is 16.5. The standard InChI is InChI=1S/C22H37N3O3/c1-4-23-22(24-11-5-13-28-17-20-9-14-27-15-10-20)25-12-8-19-7-6-18(2)21(16-19)26-3/h6-7,16,20H,4-5,8-15,17H2,1-3H3,(H2,23,24,25). The van der Waals surface area contributed by atoms with Crippen LogP contribution in [-0.4, -0.2) is 59.1 Å². The number of hydrogen-bond acceptors (Lipinski definition) is 4. The average Bonchev–Trinajstić information content (AvgIpc) is 2.72. The van der Waals surface area contributed by atoms with E-state index in [2.05, 4.69) is 47.7 Å². The van der Waals surface area contributed by atoms with Crippen LogP contribution >= 0.6 is 0 Å². The lowest BCUT2D eigenvalue weighted by Crippen LogP contribution is -2.38. The van der Waals surface area contributed by atoms with Crippen LogP contribution in [0.4, 0.5) is 0 Å². The van der Waals surface area contributed by atoms with Gasteiger partial charge in [-0.25, -0.2) is 0 Å². The van der Waals surface area contributed by atoms with Crippen molar-refractivity contribution in [1.82, 2.24) is 10.6 Å². The number of hydrogen-bond donors (Lipinski definition) is 2. The van der Waals surface area contributed by atoms with Crippen LogP contribution < -0.4 is 15.4 Å². The van der Waals surface area contributed by atoms with Gasteiger partial charge in [-0.3, -0.25) is 4.99 Å². The minimum absolute atomic E-state index is 0.664. The lowest BCUT2D eigenvalue weighted by Gasteiger charge is -2.21. The molecule has 2 N–H and O–H groups in total. The third-order valence-corrected chi connectivity index (χ3v) is 4.93. The molecule has 1 saturated heterocycles. The SMILES string of the molecule is CCNC(=NCCCOCC1CCOCC1)NCCc1ccc(C)c(OC)c1. The van der Waals surface area contributed by atoms with Gasteiger partial charge in [-0.05, 0) is 62.6 Å². The first-order valence-electron chi connectivity index (χ1n) is 10.5. The van der Waals surface area contributed by atoms with Crippen molar-refractivity contribution in [2.24, 2.45) is 10.9 Å². The summed E-state index contributed by atoms with van der Waals surface area (Å²) in [7, 11) is 1.72. The second-order valence-electron chi connectivity index (χ2n) is 7.23. The highest BCUT2D eigenvalue weighted by Gasteiger charge is 2.13. The first-order chi connectivity index (χ1) is 13.7. The maximum atomic E-state index is 5.81. The number of aryl methyl sites for hydroxylation is 1.